The van der Waals surface area contributed by atoms with Crippen LogP contribution < -0.4 is 5.56 Å². The minimum absolute atomic E-state index is 0.0528. The maximum Gasteiger partial charge on any atom is 0.273 e. The number of nitrogens with one attached hydrogen (secondary N) is 1. The molecule has 6 nitrogen and oxygen atoms in total. The van der Waals surface area contributed by atoms with Gasteiger partial charge in [-0.25, -0.2) is 9.50 Å². The summed E-state index contributed by atoms with van der Waals surface area (Å²) < 4.78 is 1.24. The monoisotopic (exact) mass is 368 g/mol. The van der Waals surface area contributed by atoms with E-state index in [9.17, 15) is 14.9 Å². The van der Waals surface area contributed by atoms with Gasteiger partial charge in [-0.05, 0) is 35.7 Å². The van der Waals surface area contributed by atoms with Gasteiger partial charge in [0.05, 0.1) is 5.69 Å². The number of carbonyl (C=O) groups excluding carboxylic acids is 1. The van der Waals surface area contributed by atoms with Crippen LogP contribution in [0.5, 0.6) is 0 Å². The van der Waals surface area contributed by atoms with E-state index < -0.39 is 0 Å². The van der Waals surface area contributed by atoms with Gasteiger partial charge in [0.25, 0.3) is 5.56 Å². The third kappa shape index (κ3) is 3.21. The lowest BCUT2D eigenvalue weighted by molar-refractivity contribution is -0.116. The predicted molar refractivity (Wildman–Crippen MR) is 106 cm³/mol. The van der Waals surface area contributed by atoms with Gasteiger partial charge in [-0.2, -0.15) is 5.26 Å². The molecule has 0 aliphatic carbocycles. The fraction of sp³-hybridized carbons (Fsp3) is 0.0909. The second-order valence-electron chi connectivity index (χ2n) is 6.60. The fourth-order valence-electron chi connectivity index (χ4n) is 3.24. The molecule has 0 fully saturated rings. The Bertz CT molecular complexity index is 1290. The second kappa shape index (κ2) is 6.97. The first kappa shape index (κ1) is 17.4. The van der Waals surface area contributed by atoms with Gasteiger partial charge in [-0.3, -0.25) is 14.7 Å². The van der Waals surface area contributed by atoms with Crippen LogP contribution in [0.4, 0.5) is 0 Å². The summed E-state index contributed by atoms with van der Waals surface area (Å²) in [7, 11) is 0. The molecule has 4 aromatic rings. The lowest BCUT2D eigenvalue weighted by Crippen LogP contribution is -2.14. The number of carbonyl (C=O) groups is 1. The van der Waals surface area contributed by atoms with E-state index >= 15 is 0 Å². The van der Waals surface area contributed by atoms with Crippen LogP contribution in [-0.4, -0.2) is 20.4 Å². The molecule has 0 saturated heterocycles. The molecule has 0 radical (unpaired) electrons. The maximum absolute atomic E-state index is 12.4. The quantitative estimate of drug-likeness (QED) is 0.598. The standard InChI is InChI=1S/C22H16N4O2/c1-14(27)7-15-8-17(16-5-3-2-4-6-16)10-18(9-15)20-11-21(28)26-22(25-20)19(12-23)13-24-26/h2-6,8-11,13,24H,7H2,1H3. The Kier molecular flexibility index (Phi) is 4.34. The minimum Gasteiger partial charge on any atom is -0.300 e. The van der Waals surface area contributed by atoms with Gasteiger partial charge in [0.1, 0.15) is 17.4 Å². The van der Waals surface area contributed by atoms with E-state index in [1.165, 1.54) is 16.8 Å². The SMILES string of the molecule is CC(=O)Cc1cc(-c2ccccc2)cc(-c2cc(=O)n3[nH]cc(C#N)c3n2)c1. The number of rotatable bonds is 4. The molecule has 0 bridgehead atoms. The summed E-state index contributed by atoms with van der Waals surface area (Å²) in [6.07, 6.45) is 1.75. The first-order valence-corrected chi connectivity index (χ1v) is 8.75. The molecular weight excluding hydrogens is 352 g/mol. The Morgan fingerprint density at radius 3 is 2.57 bits per heavy atom. The molecule has 0 aliphatic rings. The van der Waals surface area contributed by atoms with E-state index in [2.05, 4.69) is 10.1 Å². The highest BCUT2D eigenvalue weighted by molar-refractivity contribution is 5.81. The highest BCUT2D eigenvalue weighted by Crippen LogP contribution is 2.28. The molecule has 0 atom stereocenters. The largest absolute Gasteiger partial charge is 0.300 e. The molecule has 0 aliphatic heterocycles. The van der Waals surface area contributed by atoms with Crippen LogP contribution in [0.3, 0.4) is 0 Å². The summed E-state index contributed by atoms with van der Waals surface area (Å²) in [4.78, 5) is 28.6. The van der Waals surface area contributed by atoms with Gasteiger partial charge in [-0.15, -0.1) is 0 Å². The summed E-state index contributed by atoms with van der Waals surface area (Å²) in [5, 5.41) is 12.0. The van der Waals surface area contributed by atoms with Crippen molar-refractivity contribution in [2.24, 2.45) is 0 Å². The van der Waals surface area contributed by atoms with Crippen LogP contribution in [0, 0.1) is 11.3 Å². The van der Waals surface area contributed by atoms with Gasteiger partial charge >= 0.3 is 0 Å². The highest BCUT2D eigenvalue weighted by Gasteiger charge is 2.12. The van der Waals surface area contributed by atoms with E-state index in [-0.39, 0.29) is 17.0 Å². The lowest BCUT2D eigenvalue weighted by Gasteiger charge is -2.10. The zero-order valence-electron chi connectivity index (χ0n) is 15.1. The lowest BCUT2D eigenvalue weighted by atomic mass is 9.96. The van der Waals surface area contributed by atoms with E-state index in [0.717, 1.165) is 22.3 Å². The minimum atomic E-state index is -0.306. The normalized spacial score (nSPS) is 10.7. The molecule has 2 heterocycles. The third-order valence-corrected chi connectivity index (χ3v) is 4.47. The summed E-state index contributed by atoms with van der Waals surface area (Å²) >= 11 is 0. The molecule has 2 aromatic heterocycles. The first-order chi connectivity index (χ1) is 13.5. The summed E-state index contributed by atoms with van der Waals surface area (Å²) in [5.41, 5.74) is 4.24. The van der Waals surface area contributed by atoms with Crippen molar-refractivity contribution in [3.63, 3.8) is 0 Å². The van der Waals surface area contributed by atoms with Crippen LogP contribution >= 0.6 is 0 Å². The smallest absolute Gasteiger partial charge is 0.273 e. The van der Waals surface area contributed by atoms with Crippen molar-refractivity contribution in [1.82, 2.24) is 14.6 Å². The highest BCUT2D eigenvalue weighted by atomic mass is 16.1. The molecular formula is C22H16N4O2. The number of hydrogen-bond acceptors (Lipinski definition) is 4. The Hall–Kier alpha value is -3.98. The average Bonchev–Trinajstić information content (AvgIpc) is 3.11. The van der Waals surface area contributed by atoms with E-state index in [0.29, 0.717) is 17.7 Å². The fourth-order valence-corrected chi connectivity index (χ4v) is 3.24. The Labute approximate surface area is 160 Å². The van der Waals surface area contributed by atoms with Crippen molar-refractivity contribution >= 4 is 11.4 Å². The summed E-state index contributed by atoms with van der Waals surface area (Å²) in [6, 6.07) is 19.0. The predicted octanol–water partition coefficient (Wildman–Crippen LogP) is 3.36. The maximum atomic E-state index is 12.4. The topological polar surface area (TPSA) is 91.0 Å². The molecule has 0 amide bonds. The Morgan fingerprint density at radius 2 is 1.86 bits per heavy atom. The zero-order chi connectivity index (χ0) is 19.7. The number of Topliss-reactive ketones (excluding diaryl/α,β-unsaturated/α-hetero) is 1. The molecule has 136 valence electrons. The molecule has 0 spiro atoms. The van der Waals surface area contributed by atoms with Crippen molar-refractivity contribution in [2.75, 3.05) is 0 Å². The molecule has 2 aromatic carbocycles. The van der Waals surface area contributed by atoms with Crippen LogP contribution in [0.15, 0.2) is 65.6 Å². The van der Waals surface area contributed by atoms with Gasteiger partial charge in [0, 0.05) is 24.2 Å². The number of aromatic nitrogens is 3. The Balaban J connectivity index is 1.94. The molecule has 4 rings (SSSR count). The third-order valence-electron chi connectivity index (χ3n) is 4.47. The van der Waals surface area contributed by atoms with Crippen LogP contribution in [-0.2, 0) is 11.2 Å². The van der Waals surface area contributed by atoms with Crippen molar-refractivity contribution in [3.8, 4) is 28.5 Å². The summed E-state index contributed by atoms with van der Waals surface area (Å²) in [5.74, 6) is 0.0528. The number of nitrogens with zero attached hydrogens (tertiary/aromatic N) is 3. The van der Waals surface area contributed by atoms with Crippen LogP contribution in [0.25, 0.3) is 28.0 Å². The molecule has 0 saturated carbocycles. The number of aromatic amines is 1. The molecule has 28 heavy (non-hydrogen) atoms. The second-order valence-corrected chi connectivity index (χ2v) is 6.60. The van der Waals surface area contributed by atoms with Crippen molar-refractivity contribution in [3.05, 3.63) is 82.3 Å². The van der Waals surface area contributed by atoms with Crippen LogP contribution in [0.1, 0.15) is 18.1 Å². The van der Waals surface area contributed by atoms with Crippen molar-refractivity contribution in [1.29, 1.82) is 5.26 Å². The number of ketones is 1. The number of hydrogen-bond donors (Lipinski definition) is 1. The molecule has 0 unspecified atom stereocenters. The van der Waals surface area contributed by atoms with E-state index in [1.807, 2.05) is 54.6 Å². The molecule has 6 heteroatoms. The molecule has 1 N–H and O–H groups in total. The zero-order valence-corrected chi connectivity index (χ0v) is 15.1. The average molecular weight is 368 g/mol. The summed E-state index contributed by atoms with van der Waals surface area (Å²) in [6.45, 7) is 1.55. The van der Waals surface area contributed by atoms with E-state index in [4.69, 9.17) is 0 Å². The van der Waals surface area contributed by atoms with E-state index in [1.54, 1.807) is 6.92 Å². The van der Waals surface area contributed by atoms with Crippen LogP contribution in [0.2, 0.25) is 0 Å². The number of nitriles is 1. The van der Waals surface area contributed by atoms with Gasteiger partial charge < -0.3 is 0 Å². The van der Waals surface area contributed by atoms with Crippen molar-refractivity contribution in [2.45, 2.75) is 13.3 Å². The first-order valence-electron chi connectivity index (χ1n) is 8.75. The van der Waals surface area contributed by atoms with Gasteiger partial charge in [0.2, 0.25) is 0 Å². The van der Waals surface area contributed by atoms with Gasteiger partial charge in [-0.1, -0.05) is 36.4 Å². The number of benzene rings is 2. The van der Waals surface area contributed by atoms with Crippen molar-refractivity contribution < 1.29 is 4.79 Å². The van der Waals surface area contributed by atoms with Gasteiger partial charge in [0.15, 0.2) is 5.65 Å². The number of H-pyrrole nitrogens is 1. The number of fused-ring (bicyclic) bond motifs is 1. The Morgan fingerprint density at radius 1 is 1.11 bits per heavy atom.